The molecule has 1 N–H and O–H groups in total. The number of nitrogens with zero attached hydrogens (tertiary/aromatic N) is 2. The van der Waals surface area contributed by atoms with Crippen molar-refractivity contribution in [1.82, 2.24) is 15.1 Å². The fraction of sp³-hybridized carbons (Fsp3) is 0.579. The number of likely N-dealkylation sites (N-methyl/N-ethyl adjacent to an activating group) is 1. The number of aryl methyl sites for hydroxylation is 2. The maximum atomic E-state index is 12.7. The first-order chi connectivity index (χ1) is 11.7. The van der Waals surface area contributed by atoms with Gasteiger partial charge in [-0.15, -0.1) is 0 Å². The monoisotopic (exact) mass is 329 g/mol. The van der Waals surface area contributed by atoms with Gasteiger partial charge in [-0.3, -0.25) is 14.5 Å². The number of nitrogens with one attached hydrogen (secondary N) is 1. The van der Waals surface area contributed by atoms with E-state index < -0.39 is 0 Å². The van der Waals surface area contributed by atoms with Gasteiger partial charge in [0.1, 0.15) is 0 Å². The molecule has 130 valence electrons. The van der Waals surface area contributed by atoms with Gasteiger partial charge in [-0.25, -0.2) is 0 Å². The molecule has 1 saturated heterocycles. The summed E-state index contributed by atoms with van der Waals surface area (Å²) in [5, 5.41) is 2.82. The first-order valence-electron chi connectivity index (χ1n) is 9.07. The van der Waals surface area contributed by atoms with Crippen LogP contribution in [0.1, 0.15) is 41.3 Å². The van der Waals surface area contributed by atoms with Gasteiger partial charge in [0.2, 0.25) is 5.91 Å². The molecule has 0 aromatic heterocycles. The SMILES string of the molecule is CCNC(=O)CN1CCN(C(=O)c2ccc3c(c2)CCCC3)CC1. The van der Waals surface area contributed by atoms with Crippen molar-refractivity contribution in [3.8, 4) is 0 Å². The molecular weight excluding hydrogens is 302 g/mol. The van der Waals surface area contributed by atoms with E-state index in [0.717, 1.165) is 31.5 Å². The van der Waals surface area contributed by atoms with Crippen LogP contribution in [0.3, 0.4) is 0 Å². The highest BCUT2D eigenvalue weighted by Crippen LogP contribution is 2.23. The Morgan fingerprint density at radius 3 is 2.46 bits per heavy atom. The standard InChI is InChI=1S/C19H27N3O2/c1-2-20-18(23)14-21-9-11-22(12-10-21)19(24)17-8-7-15-5-3-4-6-16(15)13-17/h7-8,13H,2-6,9-12,14H2,1H3,(H,20,23). The van der Waals surface area contributed by atoms with Gasteiger partial charge >= 0.3 is 0 Å². The number of piperazine rings is 1. The molecule has 0 radical (unpaired) electrons. The number of benzene rings is 1. The summed E-state index contributed by atoms with van der Waals surface area (Å²) in [5.41, 5.74) is 3.57. The second kappa shape index (κ2) is 7.79. The predicted octanol–water partition coefficient (Wildman–Crippen LogP) is 1.46. The summed E-state index contributed by atoms with van der Waals surface area (Å²) in [6, 6.07) is 6.21. The van der Waals surface area contributed by atoms with E-state index in [0.29, 0.717) is 26.2 Å². The second-order valence-electron chi connectivity index (χ2n) is 6.71. The molecule has 0 bridgehead atoms. The van der Waals surface area contributed by atoms with Crippen LogP contribution < -0.4 is 5.32 Å². The van der Waals surface area contributed by atoms with Crippen molar-refractivity contribution in [1.29, 1.82) is 0 Å². The molecule has 5 heteroatoms. The van der Waals surface area contributed by atoms with Crippen molar-refractivity contribution < 1.29 is 9.59 Å². The van der Waals surface area contributed by atoms with Crippen molar-refractivity contribution >= 4 is 11.8 Å². The van der Waals surface area contributed by atoms with Crippen molar-refractivity contribution in [3.05, 3.63) is 34.9 Å². The first-order valence-corrected chi connectivity index (χ1v) is 9.07. The Bertz CT molecular complexity index is 607. The van der Waals surface area contributed by atoms with Gasteiger partial charge in [-0.1, -0.05) is 6.07 Å². The fourth-order valence-corrected chi connectivity index (χ4v) is 3.61. The minimum atomic E-state index is 0.0620. The van der Waals surface area contributed by atoms with E-state index in [9.17, 15) is 9.59 Å². The number of carbonyl (C=O) groups excluding carboxylic acids is 2. The van der Waals surface area contributed by atoms with Crippen LogP contribution in [0.2, 0.25) is 0 Å². The summed E-state index contributed by atoms with van der Waals surface area (Å²) in [5.74, 6) is 0.188. The largest absolute Gasteiger partial charge is 0.355 e. The van der Waals surface area contributed by atoms with Crippen LogP contribution in [-0.2, 0) is 17.6 Å². The third kappa shape index (κ3) is 3.96. The average molecular weight is 329 g/mol. The molecule has 1 aliphatic heterocycles. The zero-order chi connectivity index (χ0) is 16.9. The zero-order valence-corrected chi connectivity index (χ0v) is 14.5. The maximum Gasteiger partial charge on any atom is 0.253 e. The highest BCUT2D eigenvalue weighted by atomic mass is 16.2. The van der Waals surface area contributed by atoms with E-state index in [1.165, 1.54) is 24.0 Å². The lowest BCUT2D eigenvalue weighted by molar-refractivity contribution is -0.122. The lowest BCUT2D eigenvalue weighted by atomic mass is 9.90. The smallest absolute Gasteiger partial charge is 0.253 e. The van der Waals surface area contributed by atoms with Crippen molar-refractivity contribution in [3.63, 3.8) is 0 Å². The minimum Gasteiger partial charge on any atom is -0.355 e. The normalized spacial score (nSPS) is 18.1. The van der Waals surface area contributed by atoms with Gasteiger partial charge in [-0.05, 0) is 55.9 Å². The number of amides is 2. The molecule has 2 amide bonds. The van der Waals surface area contributed by atoms with Crippen LogP contribution in [0.5, 0.6) is 0 Å². The number of hydrogen-bond donors (Lipinski definition) is 1. The van der Waals surface area contributed by atoms with Crippen LogP contribution in [-0.4, -0.2) is 60.9 Å². The van der Waals surface area contributed by atoms with Gasteiger partial charge in [0.05, 0.1) is 6.54 Å². The molecule has 0 saturated carbocycles. The minimum absolute atomic E-state index is 0.0620. The third-order valence-electron chi connectivity index (χ3n) is 5.00. The number of carbonyl (C=O) groups is 2. The highest BCUT2D eigenvalue weighted by molar-refractivity contribution is 5.94. The van der Waals surface area contributed by atoms with Gasteiger partial charge < -0.3 is 10.2 Å². The molecule has 0 atom stereocenters. The topological polar surface area (TPSA) is 52.7 Å². The molecule has 1 aromatic carbocycles. The molecule has 5 nitrogen and oxygen atoms in total. The van der Waals surface area contributed by atoms with E-state index in [1.54, 1.807) is 0 Å². The number of hydrogen-bond acceptors (Lipinski definition) is 3. The molecule has 1 heterocycles. The Morgan fingerprint density at radius 1 is 1.04 bits per heavy atom. The molecule has 24 heavy (non-hydrogen) atoms. The molecule has 1 aliphatic carbocycles. The third-order valence-corrected chi connectivity index (χ3v) is 5.00. The Labute approximate surface area is 144 Å². The Kier molecular flexibility index (Phi) is 5.51. The Balaban J connectivity index is 1.56. The molecule has 2 aliphatic rings. The number of rotatable bonds is 4. The summed E-state index contributed by atoms with van der Waals surface area (Å²) < 4.78 is 0. The molecule has 1 fully saturated rings. The van der Waals surface area contributed by atoms with Gasteiger partial charge in [-0.2, -0.15) is 0 Å². The average Bonchev–Trinajstić information content (AvgIpc) is 2.61. The zero-order valence-electron chi connectivity index (χ0n) is 14.5. The molecule has 1 aromatic rings. The van der Waals surface area contributed by atoms with Crippen LogP contribution in [0.25, 0.3) is 0 Å². The van der Waals surface area contributed by atoms with Crippen LogP contribution in [0.4, 0.5) is 0 Å². The van der Waals surface area contributed by atoms with Gasteiger partial charge in [0, 0.05) is 38.3 Å². The predicted molar refractivity (Wildman–Crippen MR) is 94.1 cm³/mol. The molecular formula is C19H27N3O2. The fourth-order valence-electron chi connectivity index (χ4n) is 3.61. The summed E-state index contributed by atoms with van der Waals surface area (Å²) >= 11 is 0. The lowest BCUT2D eigenvalue weighted by Gasteiger charge is -2.34. The van der Waals surface area contributed by atoms with Crippen LogP contribution >= 0.6 is 0 Å². The summed E-state index contributed by atoms with van der Waals surface area (Å²) in [4.78, 5) is 28.4. The quantitative estimate of drug-likeness (QED) is 0.910. The van der Waals surface area contributed by atoms with Gasteiger partial charge in [0.25, 0.3) is 5.91 Å². The lowest BCUT2D eigenvalue weighted by Crippen LogP contribution is -2.51. The van der Waals surface area contributed by atoms with Crippen molar-refractivity contribution in [2.75, 3.05) is 39.3 Å². The van der Waals surface area contributed by atoms with E-state index in [2.05, 4.69) is 22.3 Å². The van der Waals surface area contributed by atoms with E-state index in [1.807, 2.05) is 17.9 Å². The Hall–Kier alpha value is -1.88. The second-order valence-corrected chi connectivity index (χ2v) is 6.71. The molecule has 3 rings (SSSR count). The molecule has 0 spiro atoms. The first kappa shape index (κ1) is 17.0. The van der Waals surface area contributed by atoms with Crippen molar-refractivity contribution in [2.45, 2.75) is 32.6 Å². The summed E-state index contributed by atoms with van der Waals surface area (Å²) in [6.07, 6.45) is 4.72. The summed E-state index contributed by atoms with van der Waals surface area (Å²) in [7, 11) is 0. The maximum absolute atomic E-state index is 12.7. The van der Waals surface area contributed by atoms with E-state index in [-0.39, 0.29) is 11.8 Å². The summed E-state index contributed by atoms with van der Waals surface area (Å²) in [6.45, 7) is 5.91. The van der Waals surface area contributed by atoms with Crippen molar-refractivity contribution in [2.24, 2.45) is 0 Å². The van der Waals surface area contributed by atoms with Crippen LogP contribution in [0.15, 0.2) is 18.2 Å². The number of fused-ring (bicyclic) bond motifs is 1. The van der Waals surface area contributed by atoms with Crippen LogP contribution in [0, 0.1) is 0 Å². The van der Waals surface area contributed by atoms with E-state index >= 15 is 0 Å². The highest BCUT2D eigenvalue weighted by Gasteiger charge is 2.24. The molecule has 0 unspecified atom stereocenters. The van der Waals surface area contributed by atoms with E-state index in [4.69, 9.17) is 0 Å². The van der Waals surface area contributed by atoms with Gasteiger partial charge in [0.15, 0.2) is 0 Å². The Morgan fingerprint density at radius 2 is 1.75 bits per heavy atom.